The zero-order valence-electron chi connectivity index (χ0n) is 17.9. The molecule has 10 nitrogen and oxygen atoms in total. The van der Waals surface area contributed by atoms with Crippen molar-refractivity contribution in [3.63, 3.8) is 0 Å². The van der Waals surface area contributed by atoms with Crippen LogP contribution < -0.4 is 11.2 Å². The Balaban J connectivity index is 1.62. The molecule has 0 radical (unpaired) electrons. The Hall–Kier alpha value is -2.83. The van der Waals surface area contributed by atoms with Crippen LogP contribution in [0.4, 0.5) is 4.79 Å². The Labute approximate surface area is 187 Å². The van der Waals surface area contributed by atoms with Crippen molar-refractivity contribution >= 4 is 21.8 Å². The van der Waals surface area contributed by atoms with Crippen LogP contribution in [0.1, 0.15) is 37.4 Å². The number of hydroxylamine groups is 1. The summed E-state index contributed by atoms with van der Waals surface area (Å²) in [7, 11) is -3.83. The fourth-order valence-electron chi connectivity index (χ4n) is 3.51. The van der Waals surface area contributed by atoms with E-state index < -0.39 is 20.5 Å². The second kappa shape index (κ2) is 9.35. The van der Waals surface area contributed by atoms with Gasteiger partial charge in [-0.1, -0.05) is 11.8 Å². The third kappa shape index (κ3) is 4.97. The lowest BCUT2D eigenvalue weighted by molar-refractivity contribution is -0.131. The summed E-state index contributed by atoms with van der Waals surface area (Å²) in [6.45, 7) is 1.99. The lowest BCUT2D eigenvalue weighted by Crippen LogP contribution is -2.50. The number of nitrogens with two attached hydrogens (primary N) is 1. The monoisotopic (exact) mass is 462 g/mol. The van der Waals surface area contributed by atoms with E-state index in [2.05, 4.69) is 23.7 Å². The van der Waals surface area contributed by atoms with Gasteiger partial charge in [0.1, 0.15) is 6.10 Å². The number of nitrogens with zero attached hydrogens (tertiary/aromatic N) is 2. The van der Waals surface area contributed by atoms with Gasteiger partial charge < -0.3 is 15.4 Å². The largest absolute Gasteiger partial charge is 0.364 e. The summed E-state index contributed by atoms with van der Waals surface area (Å²) in [5.41, 5.74) is 8.51. The van der Waals surface area contributed by atoms with Gasteiger partial charge in [0.05, 0.1) is 13.2 Å². The first-order chi connectivity index (χ1) is 15.0. The molecule has 4 N–H and O–H groups in total. The van der Waals surface area contributed by atoms with Gasteiger partial charge in [0.2, 0.25) is 0 Å². The van der Waals surface area contributed by atoms with E-state index in [0.29, 0.717) is 17.9 Å². The van der Waals surface area contributed by atoms with Crippen molar-refractivity contribution in [1.82, 2.24) is 14.9 Å². The number of carbonyl (C=O) groups is 2. The quantitative estimate of drug-likeness (QED) is 0.313. The smallest absolute Gasteiger partial charge is 0.328 e. The second-order valence-electron chi connectivity index (χ2n) is 8.17. The minimum atomic E-state index is -3.83. The highest BCUT2D eigenvalue weighted by Gasteiger charge is 2.44. The van der Waals surface area contributed by atoms with Gasteiger partial charge in [0, 0.05) is 36.3 Å². The van der Waals surface area contributed by atoms with Crippen molar-refractivity contribution < 1.29 is 28.0 Å². The summed E-state index contributed by atoms with van der Waals surface area (Å²) in [4.78, 5) is 26.0. The van der Waals surface area contributed by atoms with Crippen molar-refractivity contribution in [1.29, 1.82) is 0 Å². The molecule has 0 aromatic carbocycles. The highest BCUT2D eigenvalue weighted by atomic mass is 32.2. The van der Waals surface area contributed by atoms with E-state index in [1.165, 1.54) is 21.9 Å². The first-order valence-electron chi connectivity index (χ1n) is 10.1. The van der Waals surface area contributed by atoms with E-state index in [1.807, 2.05) is 0 Å². The highest BCUT2D eigenvalue weighted by Crippen LogP contribution is 2.25. The standard InChI is InChI=1S/C21H26N4O6S/c1-21(19(26)23-28,32(2,29)30)9-10-24-13-17-11-15(12-25(17)20(24)27)5-3-4-6-18-8-7-16(22)14-31-18/h11-12,16,18,28H,7-10,13-14,22H2,1-2H3,(H,23,26)/t16-,18-,21-/m1/s1. The van der Waals surface area contributed by atoms with Crippen molar-refractivity contribution in [2.45, 2.75) is 49.6 Å². The number of aromatic nitrogens is 1. The number of hydrogen-bond donors (Lipinski definition) is 3. The predicted octanol–water partition coefficient (Wildman–Crippen LogP) is -0.168. The molecule has 1 saturated heterocycles. The molecule has 11 heteroatoms. The lowest BCUT2D eigenvalue weighted by atomic mass is 10.1. The van der Waals surface area contributed by atoms with Crippen LogP contribution >= 0.6 is 0 Å². The molecule has 1 aromatic rings. The third-order valence-electron chi connectivity index (χ3n) is 5.80. The summed E-state index contributed by atoms with van der Waals surface area (Å²) in [6, 6.07) is 1.48. The first kappa shape index (κ1) is 23.8. The summed E-state index contributed by atoms with van der Waals surface area (Å²) in [5.74, 6) is 10.4. The fourth-order valence-corrected chi connectivity index (χ4v) is 4.35. The van der Waals surface area contributed by atoms with Crippen molar-refractivity contribution in [2.75, 3.05) is 19.4 Å². The van der Waals surface area contributed by atoms with Gasteiger partial charge in [0.25, 0.3) is 5.91 Å². The van der Waals surface area contributed by atoms with Crippen LogP contribution in [0.5, 0.6) is 0 Å². The number of carbonyl (C=O) groups excluding carboxylic acids is 2. The molecule has 3 heterocycles. The zero-order valence-corrected chi connectivity index (χ0v) is 18.7. The molecule has 1 fully saturated rings. The summed E-state index contributed by atoms with van der Waals surface area (Å²) < 4.78 is 29.2. The van der Waals surface area contributed by atoms with Crippen LogP contribution in [0.3, 0.4) is 0 Å². The van der Waals surface area contributed by atoms with E-state index in [1.54, 1.807) is 12.3 Å². The van der Waals surface area contributed by atoms with Crippen molar-refractivity contribution in [3.05, 3.63) is 23.5 Å². The molecule has 0 aliphatic carbocycles. The minimum Gasteiger partial charge on any atom is -0.364 e. The van der Waals surface area contributed by atoms with Gasteiger partial charge >= 0.3 is 6.03 Å². The van der Waals surface area contributed by atoms with Crippen LogP contribution in [0, 0.1) is 23.7 Å². The number of ether oxygens (including phenoxy) is 1. The van der Waals surface area contributed by atoms with Crippen LogP contribution in [-0.4, -0.2) is 71.3 Å². The Morgan fingerprint density at radius 2 is 2.16 bits per heavy atom. The molecule has 2 aliphatic rings. The number of fused-ring (bicyclic) bond motifs is 1. The molecular weight excluding hydrogens is 436 g/mol. The summed E-state index contributed by atoms with van der Waals surface area (Å²) >= 11 is 0. The predicted molar refractivity (Wildman–Crippen MR) is 115 cm³/mol. The zero-order chi connectivity index (χ0) is 23.5. The maximum Gasteiger partial charge on any atom is 0.328 e. The Kier molecular flexibility index (Phi) is 6.96. The SMILES string of the molecule is C[C@@](CCN1Cc2cc(C#CC#C[C@@H]3CC[C@@H](N)CO3)cn2C1=O)(C(=O)NO)S(C)(=O)=O. The normalized spacial score (nSPS) is 22.1. The van der Waals surface area contributed by atoms with Crippen molar-refractivity contribution in [2.24, 2.45) is 5.73 Å². The number of nitrogens with one attached hydrogen (secondary N) is 1. The molecule has 172 valence electrons. The number of amides is 2. The first-order valence-corrected chi connectivity index (χ1v) is 12.0. The molecule has 0 saturated carbocycles. The lowest BCUT2D eigenvalue weighted by Gasteiger charge is -2.27. The molecule has 2 amide bonds. The van der Waals surface area contributed by atoms with Crippen molar-refractivity contribution in [3.8, 4) is 23.7 Å². The van der Waals surface area contributed by atoms with E-state index >= 15 is 0 Å². The molecule has 0 unspecified atom stereocenters. The maximum absolute atomic E-state index is 12.7. The molecule has 2 aliphatic heterocycles. The Morgan fingerprint density at radius 3 is 2.75 bits per heavy atom. The van der Waals surface area contributed by atoms with Gasteiger partial charge in [-0.3, -0.25) is 14.6 Å². The van der Waals surface area contributed by atoms with Crippen LogP contribution in [0.2, 0.25) is 0 Å². The molecule has 1 aromatic heterocycles. The van der Waals surface area contributed by atoms with Gasteiger partial charge in [-0.25, -0.2) is 18.7 Å². The van der Waals surface area contributed by atoms with E-state index in [9.17, 15) is 18.0 Å². The fraction of sp³-hybridized carbons (Fsp3) is 0.524. The molecule has 3 atom stereocenters. The van der Waals surface area contributed by atoms with Gasteiger partial charge in [-0.05, 0) is 44.1 Å². The average Bonchev–Trinajstić information content (AvgIpc) is 3.27. The molecule has 32 heavy (non-hydrogen) atoms. The molecule has 0 bridgehead atoms. The van der Waals surface area contributed by atoms with Crippen LogP contribution in [0.15, 0.2) is 12.3 Å². The summed E-state index contributed by atoms with van der Waals surface area (Å²) in [5, 5.41) is 8.91. The average molecular weight is 463 g/mol. The Morgan fingerprint density at radius 1 is 1.41 bits per heavy atom. The van der Waals surface area contributed by atoms with Gasteiger partial charge in [-0.2, -0.15) is 0 Å². The topological polar surface area (TPSA) is 144 Å². The number of hydrogen-bond acceptors (Lipinski definition) is 7. The maximum atomic E-state index is 12.7. The van der Waals surface area contributed by atoms with E-state index in [-0.39, 0.29) is 37.7 Å². The molecule has 0 spiro atoms. The van der Waals surface area contributed by atoms with Crippen LogP contribution in [0.25, 0.3) is 0 Å². The number of sulfone groups is 1. The summed E-state index contributed by atoms with van der Waals surface area (Å²) in [6.07, 6.45) is 3.83. The van der Waals surface area contributed by atoms with E-state index in [0.717, 1.165) is 19.1 Å². The van der Waals surface area contributed by atoms with E-state index in [4.69, 9.17) is 15.7 Å². The van der Waals surface area contributed by atoms with Crippen LogP contribution in [-0.2, 0) is 25.9 Å². The van der Waals surface area contributed by atoms with Gasteiger partial charge in [0.15, 0.2) is 14.6 Å². The Bertz CT molecular complexity index is 1130. The minimum absolute atomic E-state index is 0.0229. The highest BCUT2D eigenvalue weighted by molar-refractivity contribution is 7.92. The second-order valence-corrected chi connectivity index (χ2v) is 10.6. The number of rotatable bonds is 5. The molecule has 3 rings (SSSR count). The third-order valence-corrected chi connectivity index (χ3v) is 7.83. The molecular formula is C21H26N4O6S. The van der Waals surface area contributed by atoms with Gasteiger partial charge in [-0.15, -0.1) is 0 Å².